The van der Waals surface area contributed by atoms with Gasteiger partial charge >= 0.3 is 0 Å². The number of hydrogen-bond donors (Lipinski definition) is 2. The number of benzene rings is 2. The van der Waals surface area contributed by atoms with Crippen molar-refractivity contribution in [2.24, 2.45) is 4.99 Å². The summed E-state index contributed by atoms with van der Waals surface area (Å²) in [4.78, 5) is 4.33. The molecule has 2 rings (SSSR count). The van der Waals surface area contributed by atoms with Crippen molar-refractivity contribution in [3.05, 3.63) is 59.7 Å². The van der Waals surface area contributed by atoms with Crippen LogP contribution in [0.4, 0.5) is 14.5 Å². The molecule has 2 N–H and O–H groups in total. The summed E-state index contributed by atoms with van der Waals surface area (Å²) in [6, 6.07) is 10.8. The van der Waals surface area contributed by atoms with Crippen molar-refractivity contribution in [1.82, 2.24) is 5.32 Å². The maximum Gasteiger partial charge on any atom is 0.196 e. The molecule has 0 spiro atoms. The Kier molecular flexibility index (Phi) is 11.4. The molecule has 0 atom stereocenters. The van der Waals surface area contributed by atoms with E-state index in [0.717, 1.165) is 36.1 Å². The lowest BCUT2D eigenvalue weighted by molar-refractivity contribution is 0.172. The largest absolute Gasteiger partial charge is 0.493 e. The second-order valence-corrected chi connectivity index (χ2v) is 5.78. The van der Waals surface area contributed by atoms with Gasteiger partial charge in [0.05, 0.1) is 13.2 Å². The monoisotopic (exact) mass is 505 g/mol. The molecule has 0 aromatic heterocycles. The zero-order valence-corrected chi connectivity index (χ0v) is 18.3. The average Bonchev–Trinajstić information content (AvgIpc) is 2.66. The average molecular weight is 505 g/mol. The molecule has 2 aromatic rings. The third-order valence-electron chi connectivity index (χ3n) is 3.62. The fourth-order valence-corrected chi connectivity index (χ4v) is 2.33. The first-order chi connectivity index (χ1) is 13.1. The highest BCUT2D eigenvalue weighted by atomic mass is 127. The Morgan fingerprint density at radius 1 is 1.11 bits per heavy atom. The van der Waals surface area contributed by atoms with Crippen LogP contribution in [0, 0.1) is 11.6 Å². The van der Waals surface area contributed by atoms with E-state index >= 15 is 0 Å². The zero-order valence-electron chi connectivity index (χ0n) is 16.0. The number of rotatable bonds is 9. The van der Waals surface area contributed by atoms with E-state index in [0.29, 0.717) is 25.7 Å². The molecule has 0 bridgehead atoms. The number of hydrogen-bond acceptors (Lipinski definition) is 3. The zero-order chi connectivity index (χ0) is 19.5. The quantitative estimate of drug-likeness (QED) is 0.227. The number of methoxy groups -OCH3 is 1. The summed E-state index contributed by atoms with van der Waals surface area (Å²) in [7, 11) is 1.65. The van der Waals surface area contributed by atoms with Crippen molar-refractivity contribution in [2.45, 2.75) is 19.9 Å². The van der Waals surface area contributed by atoms with Crippen LogP contribution in [0.2, 0.25) is 0 Å². The van der Waals surface area contributed by atoms with E-state index in [4.69, 9.17) is 9.47 Å². The van der Waals surface area contributed by atoms with E-state index in [2.05, 4.69) is 15.6 Å². The summed E-state index contributed by atoms with van der Waals surface area (Å²) in [6.07, 6.45) is 0.803. The smallest absolute Gasteiger partial charge is 0.196 e. The minimum Gasteiger partial charge on any atom is -0.493 e. The van der Waals surface area contributed by atoms with Crippen LogP contribution in [-0.4, -0.2) is 32.8 Å². The highest BCUT2D eigenvalue weighted by molar-refractivity contribution is 14.0. The number of ether oxygens (including phenoxy) is 2. The lowest BCUT2D eigenvalue weighted by atomic mass is 10.2. The third kappa shape index (κ3) is 8.39. The first kappa shape index (κ1) is 24.1. The molecule has 28 heavy (non-hydrogen) atoms. The molecule has 0 saturated carbocycles. The second kappa shape index (κ2) is 13.3. The number of nitrogens with zero attached hydrogens (tertiary/aromatic N) is 1. The summed E-state index contributed by atoms with van der Waals surface area (Å²) < 4.78 is 37.7. The lowest BCUT2D eigenvalue weighted by Gasteiger charge is -2.13. The van der Waals surface area contributed by atoms with E-state index in [1.165, 1.54) is 0 Å². The van der Waals surface area contributed by atoms with Crippen LogP contribution < -0.4 is 15.4 Å². The maximum atomic E-state index is 13.8. The van der Waals surface area contributed by atoms with Gasteiger partial charge in [0.2, 0.25) is 0 Å². The Morgan fingerprint density at radius 2 is 1.93 bits per heavy atom. The van der Waals surface area contributed by atoms with Crippen LogP contribution in [0.5, 0.6) is 5.75 Å². The van der Waals surface area contributed by atoms with E-state index < -0.39 is 11.6 Å². The second-order valence-electron chi connectivity index (χ2n) is 5.78. The van der Waals surface area contributed by atoms with Crippen molar-refractivity contribution in [3.8, 4) is 5.75 Å². The Morgan fingerprint density at radius 3 is 2.68 bits per heavy atom. The van der Waals surface area contributed by atoms with Crippen LogP contribution >= 0.6 is 24.0 Å². The van der Waals surface area contributed by atoms with Gasteiger partial charge in [-0.25, -0.2) is 13.8 Å². The summed E-state index contributed by atoms with van der Waals surface area (Å²) in [6.45, 7) is 3.78. The number of guanidine groups is 1. The molecule has 0 amide bonds. The molecular weight excluding hydrogens is 479 g/mol. The van der Waals surface area contributed by atoms with Crippen LogP contribution in [0.1, 0.15) is 18.9 Å². The van der Waals surface area contributed by atoms with Crippen molar-refractivity contribution in [3.63, 3.8) is 0 Å². The van der Waals surface area contributed by atoms with Crippen molar-refractivity contribution in [1.29, 1.82) is 0 Å². The Labute approximate surface area is 181 Å². The number of anilines is 1. The van der Waals surface area contributed by atoms with Gasteiger partial charge < -0.3 is 20.1 Å². The van der Waals surface area contributed by atoms with Gasteiger partial charge in [0.15, 0.2) is 5.96 Å². The minimum atomic E-state index is -0.488. The van der Waals surface area contributed by atoms with Crippen LogP contribution in [0.25, 0.3) is 0 Å². The highest BCUT2D eigenvalue weighted by Crippen LogP contribution is 2.18. The van der Waals surface area contributed by atoms with Crippen LogP contribution in [0.15, 0.2) is 47.5 Å². The number of halogens is 3. The predicted molar refractivity (Wildman–Crippen MR) is 119 cm³/mol. The van der Waals surface area contributed by atoms with Gasteiger partial charge in [-0.15, -0.1) is 24.0 Å². The molecule has 2 aromatic carbocycles. The van der Waals surface area contributed by atoms with Crippen molar-refractivity contribution >= 4 is 35.6 Å². The molecule has 154 valence electrons. The molecule has 0 aliphatic carbocycles. The van der Waals surface area contributed by atoms with Crippen LogP contribution in [-0.2, 0) is 11.3 Å². The summed E-state index contributed by atoms with van der Waals surface area (Å²) in [5, 5.41) is 6.22. The predicted octanol–water partition coefficient (Wildman–Crippen LogP) is 4.58. The van der Waals surface area contributed by atoms with Crippen molar-refractivity contribution in [2.75, 3.05) is 32.2 Å². The van der Waals surface area contributed by atoms with Gasteiger partial charge in [0.25, 0.3) is 0 Å². The van der Waals surface area contributed by atoms with Gasteiger partial charge in [0.1, 0.15) is 17.4 Å². The molecule has 0 aliphatic heterocycles. The molecule has 0 heterocycles. The maximum absolute atomic E-state index is 13.8. The van der Waals surface area contributed by atoms with E-state index in [1.807, 2.05) is 31.2 Å². The molecule has 5 nitrogen and oxygen atoms in total. The van der Waals surface area contributed by atoms with E-state index in [9.17, 15) is 8.78 Å². The van der Waals surface area contributed by atoms with Crippen LogP contribution in [0.3, 0.4) is 0 Å². The van der Waals surface area contributed by atoms with E-state index in [-0.39, 0.29) is 36.1 Å². The van der Waals surface area contributed by atoms with Crippen molar-refractivity contribution < 1.29 is 18.3 Å². The Bertz CT molecular complexity index is 760. The van der Waals surface area contributed by atoms with Gasteiger partial charge in [-0.2, -0.15) is 0 Å². The Balaban J connectivity index is 0.00000392. The molecule has 0 radical (unpaired) electrons. The van der Waals surface area contributed by atoms with Gasteiger partial charge in [-0.05, 0) is 37.3 Å². The number of nitrogens with one attached hydrogen (secondary N) is 2. The lowest BCUT2D eigenvalue weighted by Crippen LogP contribution is -2.30. The fraction of sp³-hybridized carbons (Fsp3) is 0.350. The SMILES string of the molecule is CCNC(=NCc1cc(F)ccc1F)Nc1cccc(OCCCOC)c1.I. The molecule has 8 heteroatoms. The Hall–Kier alpha value is -1.94. The van der Waals surface area contributed by atoms with Gasteiger partial charge in [0, 0.05) is 44.0 Å². The summed E-state index contributed by atoms with van der Waals surface area (Å²) >= 11 is 0. The normalized spacial score (nSPS) is 10.9. The summed E-state index contributed by atoms with van der Waals surface area (Å²) in [5.41, 5.74) is 0.973. The highest BCUT2D eigenvalue weighted by Gasteiger charge is 2.05. The number of aliphatic imine (C=N–C) groups is 1. The van der Waals surface area contributed by atoms with E-state index in [1.54, 1.807) is 7.11 Å². The summed E-state index contributed by atoms with van der Waals surface area (Å²) in [5.74, 6) is 0.223. The first-order valence-electron chi connectivity index (χ1n) is 8.83. The standard InChI is InChI=1S/C20H25F2N3O2.HI/c1-3-23-20(24-14-15-12-16(21)8-9-19(15)22)25-17-6-4-7-18(13-17)27-11-5-10-26-2;/h4,6-9,12-13H,3,5,10-11,14H2,1-2H3,(H2,23,24,25);1H. The third-order valence-corrected chi connectivity index (χ3v) is 3.62. The topological polar surface area (TPSA) is 54.9 Å². The molecule has 0 fully saturated rings. The molecule has 0 aliphatic rings. The fourth-order valence-electron chi connectivity index (χ4n) is 2.33. The molecule has 0 unspecified atom stereocenters. The molecular formula is C20H26F2IN3O2. The molecule has 0 saturated heterocycles. The van der Waals surface area contributed by atoms with Gasteiger partial charge in [-0.3, -0.25) is 0 Å². The van der Waals surface area contributed by atoms with Gasteiger partial charge in [-0.1, -0.05) is 6.07 Å². The first-order valence-corrected chi connectivity index (χ1v) is 8.83. The minimum absolute atomic E-state index is 0.